The first-order chi connectivity index (χ1) is 12.3. The number of carbonyl (C=O) groups excluding carboxylic acids is 3. The van der Waals surface area contributed by atoms with Crippen LogP contribution in [0.25, 0.3) is 0 Å². The van der Waals surface area contributed by atoms with Crippen LogP contribution in [0.4, 0.5) is 5.69 Å². The minimum atomic E-state index is -0.692. The molecule has 0 aromatic heterocycles. The van der Waals surface area contributed by atoms with Gasteiger partial charge in [-0.15, -0.1) is 0 Å². The summed E-state index contributed by atoms with van der Waals surface area (Å²) in [4.78, 5) is 36.7. The molecule has 2 rings (SSSR count). The van der Waals surface area contributed by atoms with Crippen LogP contribution in [0.3, 0.4) is 0 Å². The number of ketones is 1. The number of benzene rings is 2. The Kier molecular flexibility index (Phi) is 6.28. The Balaban J connectivity index is 2.15. The second-order valence-electron chi connectivity index (χ2n) is 6.64. The minimum absolute atomic E-state index is 0.0747. The minimum Gasteiger partial charge on any atom is -0.340 e. The predicted octanol–water partition coefficient (Wildman–Crippen LogP) is 3.59. The Morgan fingerprint density at radius 1 is 0.962 bits per heavy atom. The third-order valence-corrected chi connectivity index (χ3v) is 4.16. The Morgan fingerprint density at radius 3 is 2.27 bits per heavy atom. The van der Waals surface area contributed by atoms with Gasteiger partial charge in [-0.2, -0.15) is 0 Å². The van der Waals surface area contributed by atoms with E-state index in [1.54, 1.807) is 36.4 Å². The topological polar surface area (TPSA) is 75.3 Å². The molecule has 0 heterocycles. The van der Waals surface area contributed by atoms with E-state index in [9.17, 15) is 14.4 Å². The monoisotopic (exact) mass is 352 g/mol. The van der Waals surface area contributed by atoms with Gasteiger partial charge in [0, 0.05) is 16.8 Å². The first-order valence-corrected chi connectivity index (χ1v) is 8.58. The summed E-state index contributed by atoms with van der Waals surface area (Å²) in [6.45, 7) is 7.07. The van der Waals surface area contributed by atoms with E-state index in [4.69, 9.17) is 0 Å². The maximum absolute atomic E-state index is 12.7. The van der Waals surface area contributed by atoms with Gasteiger partial charge in [0.2, 0.25) is 5.91 Å². The van der Waals surface area contributed by atoms with Crippen LogP contribution in [0.5, 0.6) is 0 Å². The molecule has 0 saturated heterocycles. The van der Waals surface area contributed by atoms with Crippen LogP contribution >= 0.6 is 0 Å². The van der Waals surface area contributed by atoms with E-state index >= 15 is 0 Å². The normalized spacial score (nSPS) is 11.7. The molecule has 0 saturated carbocycles. The van der Waals surface area contributed by atoms with Crippen molar-refractivity contribution in [3.8, 4) is 0 Å². The van der Waals surface area contributed by atoms with E-state index in [2.05, 4.69) is 10.6 Å². The lowest BCUT2D eigenvalue weighted by Gasteiger charge is -2.22. The maximum atomic E-state index is 12.7. The van der Waals surface area contributed by atoms with Gasteiger partial charge in [0.25, 0.3) is 5.91 Å². The number of rotatable bonds is 6. The van der Waals surface area contributed by atoms with Crippen LogP contribution in [-0.4, -0.2) is 23.6 Å². The molecule has 1 unspecified atom stereocenters. The summed E-state index contributed by atoms with van der Waals surface area (Å²) in [7, 11) is 0. The van der Waals surface area contributed by atoms with Crippen molar-refractivity contribution < 1.29 is 14.4 Å². The van der Waals surface area contributed by atoms with E-state index in [1.165, 1.54) is 6.92 Å². The SMILES string of the molecule is CC(=O)c1cccc(NC(=O)C(NC(=O)c2ccccc2C)C(C)C)c1. The molecule has 5 nitrogen and oxygen atoms in total. The molecule has 2 aromatic rings. The molecule has 136 valence electrons. The number of hydrogen-bond acceptors (Lipinski definition) is 3. The molecule has 0 spiro atoms. The van der Waals surface area contributed by atoms with Crippen LogP contribution in [0.1, 0.15) is 47.1 Å². The summed E-state index contributed by atoms with van der Waals surface area (Å²) in [5.41, 5.74) is 2.44. The molecule has 0 radical (unpaired) electrons. The van der Waals surface area contributed by atoms with Gasteiger partial charge in [0.1, 0.15) is 6.04 Å². The Morgan fingerprint density at radius 2 is 1.65 bits per heavy atom. The van der Waals surface area contributed by atoms with Crippen LogP contribution in [0.2, 0.25) is 0 Å². The van der Waals surface area contributed by atoms with Gasteiger partial charge < -0.3 is 10.6 Å². The second kappa shape index (κ2) is 8.43. The zero-order valence-corrected chi connectivity index (χ0v) is 15.5. The third-order valence-electron chi connectivity index (χ3n) is 4.16. The zero-order chi connectivity index (χ0) is 19.3. The molecular formula is C21H24N2O3. The summed E-state index contributed by atoms with van der Waals surface area (Å²) in [5, 5.41) is 5.60. The van der Waals surface area contributed by atoms with Crippen LogP contribution in [0, 0.1) is 12.8 Å². The maximum Gasteiger partial charge on any atom is 0.252 e. The lowest BCUT2D eigenvalue weighted by molar-refractivity contribution is -0.118. The van der Waals surface area contributed by atoms with Crippen LogP contribution in [-0.2, 0) is 4.79 Å². The van der Waals surface area contributed by atoms with Crippen molar-refractivity contribution in [2.45, 2.75) is 33.7 Å². The zero-order valence-electron chi connectivity index (χ0n) is 15.5. The van der Waals surface area contributed by atoms with E-state index < -0.39 is 6.04 Å². The van der Waals surface area contributed by atoms with Gasteiger partial charge in [-0.1, -0.05) is 44.2 Å². The largest absolute Gasteiger partial charge is 0.340 e. The molecule has 5 heteroatoms. The van der Waals surface area contributed by atoms with Crippen LogP contribution in [0.15, 0.2) is 48.5 Å². The molecule has 0 aliphatic rings. The highest BCUT2D eigenvalue weighted by molar-refractivity contribution is 6.02. The summed E-state index contributed by atoms with van der Waals surface area (Å²) >= 11 is 0. The lowest BCUT2D eigenvalue weighted by atomic mass is 10.0. The van der Waals surface area contributed by atoms with Crippen molar-refractivity contribution in [3.63, 3.8) is 0 Å². The van der Waals surface area contributed by atoms with Crippen molar-refractivity contribution in [2.75, 3.05) is 5.32 Å². The molecule has 26 heavy (non-hydrogen) atoms. The van der Waals surface area contributed by atoms with Gasteiger partial charge in [-0.25, -0.2) is 0 Å². The molecule has 2 N–H and O–H groups in total. The Labute approximate surface area is 153 Å². The molecular weight excluding hydrogens is 328 g/mol. The number of Topliss-reactive ketones (excluding diaryl/α,β-unsaturated/α-hetero) is 1. The first-order valence-electron chi connectivity index (χ1n) is 8.58. The van der Waals surface area contributed by atoms with Gasteiger partial charge in [-0.05, 0) is 43.5 Å². The van der Waals surface area contributed by atoms with Crippen molar-refractivity contribution >= 4 is 23.3 Å². The Hall–Kier alpha value is -2.95. The molecule has 0 aliphatic carbocycles. The average Bonchev–Trinajstić information content (AvgIpc) is 2.59. The Bertz CT molecular complexity index is 828. The van der Waals surface area contributed by atoms with Crippen molar-refractivity contribution in [1.29, 1.82) is 0 Å². The second-order valence-corrected chi connectivity index (χ2v) is 6.64. The average molecular weight is 352 g/mol. The van der Waals surface area contributed by atoms with Gasteiger partial charge in [0.05, 0.1) is 0 Å². The molecule has 2 aromatic carbocycles. The van der Waals surface area contributed by atoms with E-state index in [1.807, 2.05) is 32.9 Å². The van der Waals surface area contributed by atoms with Gasteiger partial charge in [-0.3, -0.25) is 14.4 Å². The molecule has 0 fully saturated rings. The van der Waals surface area contributed by atoms with Crippen molar-refractivity contribution in [2.24, 2.45) is 5.92 Å². The highest BCUT2D eigenvalue weighted by atomic mass is 16.2. The van der Waals surface area contributed by atoms with Crippen molar-refractivity contribution in [3.05, 3.63) is 65.2 Å². The van der Waals surface area contributed by atoms with Gasteiger partial charge in [0.15, 0.2) is 5.78 Å². The lowest BCUT2D eigenvalue weighted by Crippen LogP contribution is -2.47. The fraction of sp³-hybridized carbons (Fsp3) is 0.286. The fourth-order valence-corrected chi connectivity index (χ4v) is 2.62. The highest BCUT2D eigenvalue weighted by Gasteiger charge is 2.25. The molecule has 0 aliphatic heterocycles. The fourth-order valence-electron chi connectivity index (χ4n) is 2.62. The number of anilines is 1. The summed E-state index contributed by atoms with van der Waals surface area (Å²) in [6.07, 6.45) is 0. The standard InChI is InChI=1S/C21H24N2O3/c1-13(2)19(23-20(25)18-11-6-5-8-14(18)3)21(26)22-17-10-7-9-16(12-17)15(4)24/h5-13,19H,1-4H3,(H,22,26)(H,23,25). The summed E-state index contributed by atoms with van der Waals surface area (Å²) in [6, 6.07) is 13.3. The van der Waals surface area contributed by atoms with E-state index in [0.29, 0.717) is 16.8 Å². The van der Waals surface area contributed by atoms with E-state index in [0.717, 1.165) is 5.56 Å². The number of amides is 2. The number of aryl methyl sites for hydroxylation is 1. The molecule has 1 atom stereocenters. The molecule has 0 bridgehead atoms. The smallest absolute Gasteiger partial charge is 0.252 e. The quantitative estimate of drug-likeness (QED) is 0.780. The summed E-state index contributed by atoms with van der Waals surface area (Å²) in [5.74, 6) is -0.773. The first kappa shape index (κ1) is 19.4. The van der Waals surface area contributed by atoms with E-state index in [-0.39, 0.29) is 23.5 Å². The number of carbonyl (C=O) groups is 3. The third kappa shape index (κ3) is 4.79. The van der Waals surface area contributed by atoms with Gasteiger partial charge >= 0.3 is 0 Å². The highest BCUT2D eigenvalue weighted by Crippen LogP contribution is 2.14. The van der Waals surface area contributed by atoms with Crippen molar-refractivity contribution in [1.82, 2.24) is 5.32 Å². The van der Waals surface area contributed by atoms with Crippen LogP contribution < -0.4 is 10.6 Å². The number of hydrogen-bond donors (Lipinski definition) is 2. The summed E-state index contributed by atoms with van der Waals surface area (Å²) < 4.78 is 0. The predicted molar refractivity (Wildman–Crippen MR) is 102 cm³/mol. The number of nitrogens with one attached hydrogen (secondary N) is 2. The molecule has 2 amide bonds.